The average Bonchev–Trinajstić information content (AvgIpc) is 2.67. The third-order valence-electron chi connectivity index (χ3n) is 5.37. The summed E-state index contributed by atoms with van der Waals surface area (Å²) in [4.78, 5) is 26.4. The Labute approximate surface area is 168 Å². The van der Waals surface area contributed by atoms with Crippen molar-refractivity contribution in [3.8, 4) is 11.4 Å². The van der Waals surface area contributed by atoms with Crippen LogP contribution in [0.25, 0.3) is 11.4 Å². The van der Waals surface area contributed by atoms with Gasteiger partial charge in [-0.1, -0.05) is 44.5 Å². The maximum absolute atomic E-state index is 12.2. The van der Waals surface area contributed by atoms with E-state index in [1.165, 1.54) is 11.1 Å². The van der Waals surface area contributed by atoms with Crippen molar-refractivity contribution in [3.05, 3.63) is 41.1 Å². The lowest BCUT2D eigenvalue weighted by atomic mass is 10.0. The second kappa shape index (κ2) is 8.72. The number of hydrogen-bond donors (Lipinski definition) is 0. The number of carbonyl (C=O) groups is 1. The van der Waals surface area contributed by atoms with E-state index in [1.807, 2.05) is 4.90 Å². The first-order valence-electron chi connectivity index (χ1n) is 10.4. The molecule has 1 aromatic heterocycles. The third kappa shape index (κ3) is 4.34. The zero-order valence-electron chi connectivity index (χ0n) is 17.8. The molecule has 0 bridgehead atoms. The van der Waals surface area contributed by atoms with E-state index in [4.69, 9.17) is 9.97 Å². The predicted molar refractivity (Wildman–Crippen MR) is 115 cm³/mol. The van der Waals surface area contributed by atoms with Gasteiger partial charge in [0.1, 0.15) is 5.82 Å². The number of hydrogen-bond acceptors (Lipinski definition) is 4. The molecule has 0 atom stereocenters. The smallest absolute Gasteiger partial charge is 0.222 e. The van der Waals surface area contributed by atoms with Gasteiger partial charge in [-0.15, -0.1) is 0 Å². The third-order valence-corrected chi connectivity index (χ3v) is 5.37. The zero-order valence-corrected chi connectivity index (χ0v) is 17.8. The molecule has 150 valence electrons. The van der Waals surface area contributed by atoms with Gasteiger partial charge in [-0.25, -0.2) is 9.97 Å². The highest BCUT2D eigenvalue weighted by Crippen LogP contribution is 2.31. The standard InChI is InChI=1S/C23H32N4O/c1-6-8-20(28)26-11-13-27(14-12-26)23-21(16(2)3)18(5)24-22(25-23)19-10-7-9-17(4)15-19/h7,9-10,15-16H,6,8,11-14H2,1-5H3. The number of carbonyl (C=O) groups excluding carboxylic acids is 1. The predicted octanol–water partition coefficient (Wildman–Crippen LogP) is 4.33. The van der Waals surface area contributed by atoms with E-state index in [9.17, 15) is 4.79 Å². The van der Waals surface area contributed by atoms with E-state index >= 15 is 0 Å². The van der Waals surface area contributed by atoms with Crippen molar-refractivity contribution >= 4 is 11.7 Å². The number of piperazine rings is 1. The van der Waals surface area contributed by atoms with Crippen LogP contribution >= 0.6 is 0 Å². The quantitative estimate of drug-likeness (QED) is 0.774. The molecular weight excluding hydrogens is 348 g/mol. The topological polar surface area (TPSA) is 49.3 Å². The van der Waals surface area contributed by atoms with Crippen molar-refractivity contribution in [2.75, 3.05) is 31.1 Å². The van der Waals surface area contributed by atoms with Gasteiger partial charge in [0.2, 0.25) is 5.91 Å². The van der Waals surface area contributed by atoms with Crippen molar-refractivity contribution in [1.82, 2.24) is 14.9 Å². The van der Waals surface area contributed by atoms with Crippen molar-refractivity contribution < 1.29 is 4.79 Å². The van der Waals surface area contributed by atoms with Crippen molar-refractivity contribution in [2.24, 2.45) is 0 Å². The van der Waals surface area contributed by atoms with Gasteiger partial charge in [-0.2, -0.15) is 0 Å². The van der Waals surface area contributed by atoms with Gasteiger partial charge in [0, 0.05) is 49.4 Å². The molecule has 5 nitrogen and oxygen atoms in total. The summed E-state index contributed by atoms with van der Waals surface area (Å²) in [7, 11) is 0. The van der Waals surface area contributed by atoms with Crippen LogP contribution in [0.1, 0.15) is 56.4 Å². The molecule has 0 saturated carbocycles. The SMILES string of the molecule is CCCC(=O)N1CCN(c2nc(-c3cccc(C)c3)nc(C)c2C(C)C)CC1. The number of amides is 1. The number of rotatable bonds is 5. The highest BCUT2D eigenvalue weighted by molar-refractivity contribution is 5.76. The molecule has 1 fully saturated rings. The van der Waals surface area contributed by atoms with Gasteiger partial charge < -0.3 is 9.80 Å². The lowest BCUT2D eigenvalue weighted by Gasteiger charge is -2.37. The zero-order chi connectivity index (χ0) is 20.3. The summed E-state index contributed by atoms with van der Waals surface area (Å²) in [6, 6.07) is 8.35. The first kappa shape index (κ1) is 20.3. The fourth-order valence-corrected chi connectivity index (χ4v) is 3.94. The highest BCUT2D eigenvalue weighted by Gasteiger charge is 2.25. The van der Waals surface area contributed by atoms with Crippen LogP contribution in [0.3, 0.4) is 0 Å². The van der Waals surface area contributed by atoms with E-state index in [2.05, 4.69) is 63.8 Å². The second-order valence-corrected chi connectivity index (χ2v) is 8.01. The van der Waals surface area contributed by atoms with Gasteiger partial charge in [0.15, 0.2) is 5.82 Å². The Morgan fingerprint density at radius 1 is 1.11 bits per heavy atom. The van der Waals surface area contributed by atoms with E-state index in [0.29, 0.717) is 12.3 Å². The van der Waals surface area contributed by atoms with E-state index in [-0.39, 0.29) is 5.91 Å². The molecule has 5 heteroatoms. The van der Waals surface area contributed by atoms with Crippen LogP contribution in [0, 0.1) is 13.8 Å². The van der Waals surface area contributed by atoms with E-state index in [0.717, 1.165) is 55.5 Å². The summed E-state index contributed by atoms with van der Waals surface area (Å²) in [5, 5.41) is 0. The summed E-state index contributed by atoms with van der Waals surface area (Å²) in [6.45, 7) is 13.8. The number of aromatic nitrogens is 2. The Morgan fingerprint density at radius 2 is 1.82 bits per heavy atom. The Bertz CT molecular complexity index is 838. The lowest BCUT2D eigenvalue weighted by Crippen LogP contribution is -2.49. The van der Waals surface area contributed by atoms with Gasteiger partial charge in [0.25, 0.3) is 0 Å². The maximum Gasteiger partial charge on any atom is 0.222 e. The van der Waals surface area contributed by atoms with Crippen LogP contribution in [0.15, 0.2) is 24.3 Å². The summed E-state index contributed by atoms with van der Waals surface area (Å²) in [5.41, 5.74) is 4.51. The molecule has 0 radical (unpaired) electrons. The molecule has 0 spiro atoms. The molecule has 3 rings (SSSR count). The monoisotopic (exact) mass is 380 g/mol. The molecule has 2 heterocycles. The molecule has 0 N–H and O–H groups in total. The van der Waals surface area contributed by atoms with Crippen LogP contribution in [0.5, 0.6) is 0 Å². The Hall–Kier alpha value is -2.43. The molecule has 1 saturated heterocycles. The van der Waals surface area contributed by atoms with E-state index < -0.39 is 0 Å². The van der Waals surface area contributed by atoms with Crippen LogP contribution in [0.4, 0.5) is 5.82 Å². The number of benzene rings is 1. The minimum atomic E-state index is 0.269. The first-order valence-corrected chi connectivity index (χ1v) is 10.4. The van der Waals surface area contributed by atoms with Crippen LogP contribution in [-0.4, -0.2) is 47.0 Å². The molecule has 1 amide bonds. The van der Waals surface area contributed by atoms with Crippen LogP contribution in [0.2, 0.25) is 0 Å². The number of anilines is 1. The fraction of sp³-hybridized carbons (Fsp3) is 0.522. The van der Waals surface area contributed by atoms with Gasteiger partial charge in [0.05, 0.1) is 0 Å². The summed E-state index contributed by atoms with van der Waals surface area (Å²) >= 11 is 0. The first-order chi connectivity index (χ1) is 13.4. The molecule has 2 aromatic rings. The molecule has 28 heavy (non-hydrogen) atoms. The largest absolute Gasteiger partial charge is 0.353 e. The molecule has 1 aliphatic heterocycles. The Balaban J connectivity index is 1.92. The minimum absolute atomic E-state index is 0.269. The Morgan fingerprint density at radius 3 is 2.43 bits per heavy atom. The highest BCUT2D eigenvalue weighted by atomic mass is 16.2. The minimum Gasteiger partial charge on any atom is -0.353 e. The van der Waals surface area contributed by atoms with Crippen LogP contribution in [-0.2, 0) is 4.79 Å². The molecular formula is C23H32N4O. The van der Waals surface area contributed by atoms with Crippen molar-refractivity contribution in [3.63, 3.8) is 0 Å². The molecule has 0 aliphatic carbocycles. The normalized spacial score (nSPS) is 14.6. The van der Waals surface area contributed by atoms with Crippen molar-refractivity contribution in [2.45, 2.75) is 53.4 Å². The van der Waals surface area contributed by atoms with Crippen LogP contribution < -0.4 is 4.90 Å². The molecule has 1 aromatic carbocycles. The summed E-state index contributed by atoms with van der Waals surface area (Å²) in [6.07, 6.45) is 1.54. The average molecular weight is 381 g/mol. The number of nitrogens with zero attached hydrogens (tertiary/aromatic N) is 4. The summed E-state index contributed by atoms with van der Waals surface area (Å²) < 4.78 is 0. The van der Waals surface area contributed by atoms with Gasteiger partial charge >= 0.3 is 0 Å². The second-order valence-electron chi connectivity index (χ2n) is 8.01. The fourth-order valence-electron chi connectivity index (χ4n) is 3.94. The Kier molecular flexibility index (Phi) is 6.32. The molecule has 1 aliphatic rings. The molecule has 0 unspecified atom stereocenters. The van der Waals surface area contributed by atoms with E-state index in [1.54, 1.807) is 0 Å². The number of aryl methyl sites for hydroxylation is 2. The van der Waals surface area contributed by atoms with Crippen molar-refractivity contribution in [1.29, 1.82) is 0 Å². The van der Waals surface area contributed by atoms with Gasteiger partial charge in [-0.3, -0.25) is 4.79 Å². The summed E-state index contributed by atoms with van der Waals surface area (Å²) in [5.74, 6) is 2.43. The lowest BCUT2D eigenvalue weighted by molar-refractivity contribution is -0.131. The van der Waals surface area contributed by atoms with Gasteiger partial charge in [-0.05, 0) is 32.3 Å². The maximum atomic E-state index is 12.2.